The molecule has 0 unspecified atom stereocenters. The monoisotopic (exact) mass is 301 g/mol. The molecule has 1 N–H and O–H groups in total. The summed E-state index contributed by atoms with van der Waals surface area (Å²) in [5.41, 5.74) is 0.738. The number of rotatable bonds is 5. The Morgan fingerprint density at radius 2 is 1.95 bits per heavy atom. The molecule has 0 spiro atoms. The van der Waals surface area contributed by atoms with E-state index in [2.05, 4.69) is 25.4 Å². The lowest BCUT2D eigenvalue weighted by atomic mass is 10.2. The summed E-state index contributed by atoms with van der Waals surface area (Å²) < 4.78 is 10.6. The molecule has 2 aromatic rings. The Kier molecular flexibility index (Phi) is 4.22. The number of nitrogens with one attached hydrogen (secondary N) is 1. The van der Waals surface area contributed by atoms with Crippen LogP contribution < -0.4 is 19.7 Å². The lowest BCUT2D eigenvalue weighted by Crippen LogP contribution is -2.20. The smallest absolute Gasteiger partial charge is 0.249 e. The van der Waals surface area contributed by atoms with Gasteiger partial charge in [-0.3, -0.25) is 0 Å². The van der Waals surface area contributed by atoms with E-state index >= 15 is 0 Å². The summed E-state index contributed by atoms with van der Waals surface area (Å²) in [6, 6.07) is 5.51. The van der Waals surface area contributed by atoms with Gasteiger partial charge >= 0.3 is 0 Å². The van der Waals surface area contributed by atoms with Crippen LogP contribution in [0.25, 0.3) is 0 Å². The maximum Gasteiger partial charge on any atom is 0.249 e. The average Bonchev–Trinajstić information content (AvgIpc) is 3.09. The third kappa shape index (κ3) is 3.03. The van der Waals surface area contributed by atoms with E-state index in [-0.39, 0.29) is 0 Å². The number of anilines is 3. The van der Waals surface area contributed by atoms with Gasteiger partial charge in [-0.2, -0.15) is 10.1 Å². The fraction of sp³-hybridized carbons (Fsp3) is 0.400. The lowest BCUT2D eigenvalue weighted by molar-refractivity contribution is 0.405. The molecule has 0 radical (unpaired) electrons. The zero-order chi connectivity index (χ0) is 15.4. The van der Waals surface area contributed by atoms with E-state index in [1.807, 2.05) is 18.2 Å². The molecule has 1 fully saturated rings. The summed E-state index contributed by atoms with van der Waals surface area (Å²) in [4.78, 5) is 6.74. The van der Waals surface area contributed by atoms with Crippen molar-refractivity contribution >= 4 is 17.5 Å². The molecule has 0 amide bonds. The topological polar surface area (TPSA) is 72.4 Å². The number of hydrogen-bond acceptors (Lipinski definition) is 7. The Hall–Kier alpha value is -2.57. The fourth-order valence-electron chi connectivity index (χ4n) is 2.48. The lowest BCUT2D eigenvalue weighted by Gasteiger charge is -2.16. The first-order valence-electron chi connectivity index (χ1n) is 7.24. The van der Waals surface area contributed by atoms with Crippen molar-refractivity contribution in [1.29, 1.82) is 0 Å². The molecule has 116 valence electrons. The third-order valence-corrected chi connectivity index (χ3v) is 3.63. The molecule has 1 aliphatic heterocycles. The van der Waals surface area contributed by atoms with E-state index < -0.39 is 0 Å². The van der Waals surface area contributed by atoms with Crippen molar-refractivity contribution in [1.82, 2.24) is 15.2 Å². The minimum absolute atomic E-state index is 0.441. The van der Waals surface area contributed by atoms with Crippen LogP contribution in [0.2, 0.25) is 0 Å². The SMILES string of the molecule is COc1ccc(OC)c(Nc2nncc(N3CCCC3)n2)c1. The molecule has 1 aromatic heterocycles. The van der Waals surface area contributed by atoms with Crippen LogP contribution in [0.15, 0.2) is 24.4 Å². The second kappa shape index (κ2) is 6.46. The van der Waals surface area contributed by atoms with E-state index in [0.717, 1.165) is 30.3 Å². The third-order valence-electron chi connectivity index (χ3n) is 3.63. The molecule has 0 saturated carbocycles. The molecule has 3 rings (SSSR count). The summed E-state index contributed by atoms with van der Waals surface area (Å²) in [5, 5.41) is 11.2. The maximum absolute atomic E-state index is 5.34. The number of nitrogens with zero attached hydrogens (tertiary/aromatic N) is 4. The maximum atomic E-state index is 5.34. The minimum atomic E-state index is 0.441. The average molecular weight is 301 g/mol. The van der Waals surface area contributed by atoms with Crippen LogP contribution in [0.3, 0.4) is 0 Å². The van der Waals surface area contributed by atoms with Crippen LogP contribution >= 0.6 is 0 Å². The second-order valence-corrected chi connectivity index (χ2v) is 5.02. The summed E-state index contributed by atoms with van der Waals surface area (Å²) in [6.07, 6.45) is 4.08. The summed E-state index contributed by atoms with van der Waals surface area (Å²) in [6.45, 7) is 2.03. The highest BCUT2D eigenvalue weighted by molar-refractivity contribution is 5.65. The predicted octanol–water partition coefficient (Wildman–Crippen LogP) is 2.23. The number of methoxy groups -OCH3 is 2. The van der Waals surface area contributed by atoms with E-state index in [4.69, 9.17) is 9.47 Å². The van der Waals surface area contributed by atoms with Gasteiger partial charge in [0.2, 0.25) is 5.95 Å². The van der Waals surface area contributed by atoms with Crippen LogP contribution in [-0.2, 0) is 0 Å². The largest absolute Gasteiger partial charge is 0.497 e. The second-order valence-electron chi connectivity index (χ2n) is 5.02. The molecule has 0 aliphatic carbocycles. The first-order chi connectivity index (χ1) is 10.8. The van der Waals surface area contributed by atoms with Crippen molar-refractivity contribution in [3.05, 3.63) is 24.4 Å². The quantitative estimate of drug-likeness (QED) is 0.907. The summed E-state index contributed by atoms with van der Waals surface area (Å²) in [7, 11) is 3.24. The number of benzene rings is 1. The van der Waals surface area contributed by atoms with Crippen molar-refractivity contribution in [3.8, 4) is 11.5 Å². The van der Waals surface area contributed by atoms with Gasteiger partial charge in [-0.15, -0.1) is 5.10 Å². The number of ether oxygens (including phenoxy) is 2. The molecule has 1 saturated heterocycles. The van der Waals surface area contributed by atoms with Crippen LogP contribution in [0.4, 0.5) is 17.5 Å². The number of hydrogen-bond donors (Lipinski definition) is 1. The standard InChI is InChI=1S/C15H19N5O2/c1-21-11-5-6-13(22-2)12(9-11)17-15-18-14(10-16-19-15)20-7-3-4-8-20/h5-6,9-10H,3-4,7-8H2,1-2H3,(H,17,18,19). The predicted molar refractivity (Wildman–Crippen MR) is 84.1 cm³/mol. The molecule has 0 bridgehead atoms. The van der Waals surface area contributed by atoms with E-state index in [1.54, 1.807) is 20.4 Å². The Morgan fingerprint density at radius 1 is 1.14 bits per heavy atom. The van der Waals surface area contributed by atoms with Gasteiger partial charge in [0.25, 0.3) is 0 Å². The zero-order valence-corrected chi connectivity index (χ0v) is 12.7. The Labute approximate surface area is 129 Å². The zero-order valence-electron chi connectivity index (χ0n) is 12.7. The molecule has 0 atom stereocenters. The van der Waals surface area contributed by atoms with Gasteiger partial charge in [0.05, 0.1) is 26.1 Å². The molecule has 7 nitrogen and oxygen atoms in total. The fourth-order valence-corrected chi connectivity index (χ4v) is 2.48. The highest BCUT2D eigenvalue weighted by Gasteiger charge is 2.15. The summed E-state index contributed by atoms with van der Waals surface area (Å²) >= 11 is 0. The van der Waals surface area contributed by atoms with Gasteiger partial charge in [0.1, 0.15) is 11.5 Å². The molecule has 1 aromatic carbocycles. The highest BCUT2D eigenvalue weighted by Crippen LogP contribution is 2.30. The molecule has 2 heterocycles. The van der Waals surface area contributed by atoms with Crippen molar-refractivity contribution in [2.75, 3.05) is 37.5 Å². The van der Waals surface area contributed by atoms with Gasteiger partial charge < -0.3 is 19.7 Å². The van der Waals surface area contributed by atoms with Crippen LogP contribution in [0.5, 0.6) is 11.5 Å². The first-order valence-corrected chi connectivity index (χ1v) is 7.24. The molecule has 7 heteroatoms. The van der Waals surface area contributed by atoms with Gasteiger partial charge in [-0.25, -0.2) is 0 Å². The summed E-state index contributed by atoms with van der Waals surface area (Å²) in [5.74, 6) is 2.70. The normalized spacial score (nSPS) is 14.0. The molecule has 22 heavy (non-hydrogen) atoms. The van der Waals surface area contributed by atoms with Crippen molar-refractivity contribution in [2.24, 2.45) is 0 Å². The van der Waals surface area contributed by atoms with Gasteiger partial charge in [-0.05, 0) is 25.0 Å². The van der Waals surface area contributed by atoms with Crippen molar-refractivity contribution in [3.63, 3.8) is 0 Å². The molecule has 1 aliphatic rings. The minimum Gasteiger partial charge on any atom is -0.497 e. The van der Waals surface area contributed by atoms with Crippen molar-refractivity contribution in [2.45, 2.75) is 12.8 Å². The van der Waals surface area contributed by atoms with E-state index in [1.165, 1.54) is 12.8 Å². The Balaban J connectivity index is 1.84. The van der Waals surface area contributed by atoms with Crippen LogP contribution in [-0.4, -0.2) is 42.5 Å². The van der Waals surface area contributed by atoms with Gasteiger partial charge in [-0.1, -0.05) is 0 Å². The molecular weight excluding hydrogens is 282 g/mol. The van der Waals surface area contributed by atoms with Gasteiger partial charge in [0, 0.05) is 19.2 Å². The van der Waals surface area contributed by atoms with E-state index in [0.29, 0.717) is 11.7 Å². The Morgan fingerprint density at radius 3 is 2.68 bits per heavy atom. The van der Waals surface area contributed by atoms with Crippen LogP contribution in [0, 0.1) is 0 Å². The van der Waals surface area contributed by atoms with Crippen LogP contribution in [0.1, 0.15) is 12.8 Å². The molecular formula is C15H19N5O2. The first kappa shape index (κ1) is 14.4. The van der Waals surface area contributed by atoms with Gasteiger partial charge in [0.15, 0.2) is 5.82 Å². The van der Waals surface area contributed by atoms with Crippen molar-refractivity contribution < 1.29 is 9.47 Å². The number of aromatic nitrogens is 3. The highest BCUT2D eigenvalue weighted by atomic mass is 16.5. The van der Waals surface area contributed by atoms with E-state index in [9.17, 15) is 0 Å². The Bertz CT molecular complexity index is 644.